The zero-order chi connectivity index (χ0) is 29.6. The number of sulfone groups is 1. The molecule has 0 radical (unpaired) electrons. The van der Waals surface area contributed by atoms with E-state index in [-0.39, 0.29) is 23.4 Å². The van der Waals surface area contributed by atoms with Gasteiger partial charge < -0.3 is 9.64 Å². The minimum Gasteiger partial charge on any atom is -0.368 e. The summed E-state index contributed by atoms with van der Waals surface area (Å²) in [6.45, 7) is -0.483. The first-order valence-electron chi connectivity index (χ1n) is 12.6. The Morgan fingerprint density at radius 2 is 1.50 bits per heavy atom. The molecule has 2 aromatic carbocycles. The van der Waals surface area contributed by atoms with Crippen LogP contribution < -0.4 is 0 Å². The summed E-state index contributed by atoms with van der Waals surface area (Å²) in [5.41, 5.74) is -7.64. The average Bonchev–Trinajstić information content (AvgIpc) is 3.39. The van der Waals surface area contributed by atoms with Crippen molar-refractivity contribution in [2.45, 2.75) is 72.0 Å². The number of halogens is 7. The van der Waals surface area contributed by atoms with E-state index in [0.717, 1.165) is 55.7 Å². The van der Waals surface area contributed by atoms with E-state index in [0.29, 0.717) is 25.0 Å². The molecular formula is C27H28F7NO4S. The Morgan fingerprint density at radius 1 is 0.925 bits per heavy atom. The molecule has 1 aliphatic carbocycles. The van der Waals surface area contributed by atoms with Crippen LogP contribution in [-0.4, -0.2) is 57.6 Å². The van der Waals surface area contributed by atoms with Crippen molar-refractivity contribution in [1.29, 1.82) is 0 Å². The fraction of sp³-hybridized carbons (Fsp3) is 0.519. The van der Waals surface area contributed by atoms with Crippen LogP contribution in [0.5, 0.6) is 0 Å². The van der Waals surface area contributed by atoms with E-state index < -0.39 is 62.3 Å². The Morgan fingerprint density at radius 3 is 2.00 bits per heavy atom. The molecule has 5 nitrogen and oxygen atoms in total. The third-order valence-electron chi connectivity index (χ3n) is 8.14. The van der Waals surface area contributed by atoms with Gasteiger partial charge in [0.05, 0.1) is 4.90 Å². The molecule has 1 saturated carbocycles. The van der Waals surface area contributed by atoms with E-state index in [9.17, 15) is 43.9 Å². The van der Waals surface area contributed by atoms with Crippen molar-refractivity contribution in [3.8, 4) is 0 Å². The smallest absolute Gasteiger partial charge is 0.368 e. The topological polar surface area (TPSA) is 63.7 Å². The lowest BCUT2D eigenvalue weighted by Crippen LogP contribution is -2.52. The summed E-state index contributed by atoms with van der Waals surface area (Å²) in [4.78, 5) is 14.7. The normalized spacial score (nSPS) is 23.3. The van der Waals surface area contributed by atoms with Crippen molar-refractivity contribution in [3.63, 3.8) is 0 Å². The highest BCUT2D eigenvalue weighted by Gasteiger charge is 2.64. The molecule has 13 heteroatoms. The maximum atomic E-state index is 14.7. The number of carbonyl (C=O) groups excluding carboxylic acids is 1. The fourth-order valence-corrected chi connectivity index (χ4v) is 7.83. The molecule has 0 bridgehead atoms. The number of likely N-dealkylation sites (tertiary alicyclic amines) is 1. The summed E-state index contributed by atoms with van der Waals surface area (Å²) in [7, 11) is -3.06. The number of amides is 1. The predicted molar refractivity (Wildman–Crippen MR) is 131 cm³/mol. The van der Waals surface area contributed by atoms with E-state index >= 15 is 0 Å². The second-order valence-corrected chi connectivity index (χ2v) is 12.5. The SMILES string of the molecule is COC1(C(=O)N2CC[C@](c3ccc([C@@](F)(C(F)F)C(F)(F)F)cc3)(S(=O)(=O)c3ccc(F)cc3)C2)CCCCC1. The molecule has 1 saturated heterocycles. The molecule has 2 aromatic rings. The number of ether oxygens (including phenoxy) is 1. The molecule has 0 aromatic heterocycles. The first-order valence-corrected chi connectivity index (χ1v) is 14.1. The molecule has 4 rings (SSSR count). The van der Waals surface area contributed by atoms with Gasteiger partial charge in [0.15, 0.2) is 9.84 Å². The van der Waals surface area contributed by atoms with Crippen LogP contribution in [0.1, 0.15) is 49.7 Å². The molecule has 2 atom stereocenters. The maximum absolute atomic E-state index is 14.7. The fourth-order valence-electron chi connectivity index (χ4n) is 5.75. The van der Waals surface area contributed by atoms with Crippen molar-refractivity contribution >= 4 is 15.7 Å². The van der Waals surface area contributed by atoms with Crippen LogP contribution in [0.3, 0.4) is 0 Å². The summed E-state index contributed by atoms with van der Waals surface area (Å²) < 4.78 is 127. The van der Waals surface area contributed by atoms with Crippen LogP contribution >= 0.6 is 0 Å². The molecule has 0 spiro atoms. The van der Waals surface area contributed by atoms with Crippen LogP contribution in [-0.2, 0) is 29.8 Å². The van der Waals surface area contributed by atoms with Gasteiger partial charge >= 0.3 is 6.18 Å². The maximum Gasteiger partial charge on any atom is 0.432 e. The highest BCUT2D eigenvalue weighted by atomic mass is 32.2. The first-order chi connectivity index (χ1) is 18.6. The van der Waals surface area contributed by atoms with Gasteiger partial charge in [0.1, 0.15) is 16.2 Å². The van der Waals surface area contributed by atoms with Crippen molar-refractivity contribution < 1.29 is 48.7 Å². The number of alkyl halides is 6. The molecule has 2 aliphatic rings. The lowest BCUT2D eigenvalue weighted by Gasteiger charge is -2.38. The lowest BCUT2D eigenvalue weighted by molar-refractivity contribution is -0.274. The third kappa shape index (κ3) is 4.78. The Bertz CT molecular complexity index is 1330. The molecule has 220 valence electrons. The Labute approximate surface area is 227 Å². The van der Waals surface area contributed by atoms with Gasteiger partial charge in [-0.25, -0.2) is 26.0 Å². The van der Waals surface area contributed by atoms with Gasteiger partial charge in [-0.05, 0) is 49.1 Å². The first kappa shape index (κ1) is 30.3. The average molecular weight is 596 g/mol. The molecule has 1 aliphatic heterocycles. The van der Waals surface area contributed by atoms with Crippen molar-refractivity contribution in [3.05, 3.63) is 65.5 Å². The van der Waals surface area contributed by atoms with Crippen LogP contribution in [0.4, 0.5) is 30.7 Å². The van der Waals surface area contributed by atoms with Crippen molar-refractivity contribution in [2.75, 3.05) is 20.2 Å². The van der Waals surface area contributed by atoms with E-state index in [1.807, 2.05) is 0 Å². The molecule has 1 amide bonds. The molecule has 0 N–H and O–H groups in total. The monoisotopic (exact) mass is 595 g/mol. The quantitative estimate of drug-likeness (QED) is 0.288. The van der Waals surface area contributed by atoms with Crippen LogP contribution in [0.2, 0.25) is 0 Å². The number of hydrogen-bond acceptors (Lipinski definition) is 4. The Balaban J connectivity index is 1.81. The van der Waals surface area contributed by atoms with Gasteiger partial charge in [0.2, 0.25) is 0 Å². The summed E-state index contributed by atoms with van der Waals surface area (Å²) in [6, 6.07) is 6.59. The highest BCUT2D eigenvalue weighted by Crippen LogP contribution is 2.49. The number of benzene rings is 2. The second-order valence-electron chi connectivity index (χ2n) is 10.3. The van der Waals surface area contributed by atoms with Gasteiger partial charge in [0.25, 0.3) is 18.0 Å². The highest BCUT2D eigenvalue weighted by molar-refractivity contribution is 7.92. The standard InChI is InChI=1S/C27H28F7NO4S/c1-39-24(13-3-2-4-14-24)23(36)35-16-15-25(17-35,40(37,38)21-11-9-20(28)10-12-21)18-5-7-19(8-6-18)26(31,22(29)30)27(32,33)34/h5-12,22H,2-4,13-17H2,1H3/t25-,26+/m0/s1. The van der Waals surface area contributed by atoms with Gasteiger partial charge in [-0.1, -0.05) is 43.5 Å². The molecule has 1 heterocycles. The predicted octanol–water partition coefficient (Wildman–Crippen LogP) is 6.07. The van der Waals surface area contributed by atoms with Crippen molar-refractivity contribution in [1.82, 2.24) is 4.90 Å². The van der Waals surface area contributed by atoms with Crippen molar-refractivity contribution in [2.24, 2.45) is 0 Å². The minimum absolute atomic E-state index is 0.0568. The minimum atomic E-state index is -5.94. The summed E-state index contributed by atoms with van der Waals surface area (Å²) in [5.74, 6) is -1.14. The van der Waals surface area contributed by atoms with Gasteiger partial charge in [0, 0.05) is 25.8 Å². The number of methoxy groups -OCH3 is 1. The summed E-state index contributed by atoms with van der Waals surface area (Å²) in [6.07, 6.45) is -7.37. The summed E-state index contributed by atoms with van der Waals surface area (Å²) >= 11 is 0. The molecular weight excluding hydrogens is 567 g/mol. The van der Waals surface area contributed by atoms with Gasteiger partial charge in [-0.15, -0.1) is 0 Å². The second kappa shape index (κ2) is 10.6. The summed E-state index contributed by atoms with van der Waals surface area (Å²) in [5, 5.41) is 0. The zero-order valence-electron chi connectivity index (χ0n) is 21.5. The number of rotatable bonds is 7. The molecule has 2 fully saturated rings. The van der Waals surface area contributed by atoms with E-state index in [2.05, 4.69) is 0 Å². The third-order valence-corrected chi connectivity index (χ3v) is 10.6. The van der Waals surface area contributed by atoms with E-state index in [1.165, 1.54) is 12.0 Å². The van der Waals surface area contributed by atoms with Gasteiger partial charge in [-0.2, -0.15) is 13.2 Å². The largest absolute Gasteiger partial charge is 0.432 e. The molecule has 0 unspecified atom stereocenters. The van der Waals surface area contributed by atoms with Crippen LogP contribution in [0.25, 0.3) is 0 Å². The van der Waals surface area contributed by atoms with E-state index in [4.69, 9.17) is 4.74 Å². The van der Waals surface area contributed by atoms with Gasteiger partial charge in [-0.3, -0.25) is 4.79 Å². The Kier molecular flexibility index (Phi) is 8.05. The number of nitrogens with zero attached hydrogens (tertiary/aromatic N) is 1. The van der Waals surface area contributed by atoms with Crippen LogP contribution in [0, 0.1) is 5.82 Å². The Hall–Kier alpha value is -2.67. The zero-order valence-corrected chi connectivity index (χ0v) is 22.3. The van der Waals surface area contributed by atoms with Crippen LogP contribution in [0.15, 0.2) is 53.4 Å². The van der Waals surface area contributed by atoms with E-state index in [1.54, 1.807) is 0 Å². The molecule has 40 heavy (non-hydrogen) atoms. The number of hydrogen-bond donors (Lipinski definition) is 0. The lowest BCUT2D eigenvalue weighted by atomic mass is 9.83. The number of carbonyl (C=O) groups is 1.